The summed E-state index contributed by atoms with van der Waals surface area (Å²) in [5, 5.41) is 7.99. The molecule has 1 aliphatic rings. The molecule has 1 N–H and O–H groups in total. The highest BCUT2D eigenvalue weighted by atomic mass is 15.3. The molecule has 2 rings (SSSR count). The third-order valence-corrected chi connectivity index (χ3v) is 4.51. The third-order valence-electron chi connectivity index (χ3n) is 4.51. The molecule has 114 valence electrons. The maximum absolute atomic E-state index is 4.43. The molecule has 1 aromatic heterocycles. The van der Waals surface area contributed by atoms with Crippen LogP contribution in [0.25, 0.3) is 0 Å². The van der Waals surface area contributed by atoms with Gasteiger partial charge in [-0.1, -0.05) is 32.6 Å². The molecular weight excluding hydrogens is 248 g/mol. The average Bonchev–Trinajstić information content (AvgIpc) is 3.12. The fraction of sp³-hybridized carbons (Fsp3) is 0.875. The Morgan fingerprint density at radius 2 is 2.15 bits per heavy atom. The van der Waals surface area contributed by atoms with Crippen LogP contribution in [0, 0.1) is 5.92 Å². The lowest BCUT2D eigenvalue weighted by atomic mass is 9.97. The monoisotopic (exact) mass is 278 g/mol. The number of aryl methyl sites for hydroxylation is 1. The van der Waals surface area contributed by atoms with Crippen LogP contribution in [0.4, 0.5) is 0 Å². The van der Waals surface area contributed by atoms with E-state index in [2.05, 4.69) is 29.2 Å². The lowest BCUT2D eigenvalue weighted by Crippen LogP contribution is -2.33. The minimum atomic E-state index is 0.560. The maximum Gasteiger partial charge on any atom is 0.138 e. The number of nitrogens with zero attached hydrogens (tertiary/aromatic N) is 3. The van der Waals surface area contributed by atoms with Gasteiger partial charge in [-0.15, -0.1) is 0 Å². The molecule has 4 heteroatoms. The molecule has 1 aromatic rings. The van der Waals surface area contributed by atoms with Crippen molar-refractivity contribution in [2.24, 2.45) is 5.92 Å². The summed E-state index contributed by atoms with van der Waals surface area (Å²) in [4.78, 5) is 4.43. The van der Waals surface area contributed by atoms with Crippen molar-refractivity contribution in [3.63, 3.8) is 0 Å². The van der Waals surface area contributed by atoms with Gasteiger partial charge >= 0.3 is 0 Å². The van der Waals surface area contributed by atoms with Gasteiger partial charge in [0.2, 0.25) is 0 Å². The van der Waals surface area contributed by atoms with E-state index in [1.165, 1.54) is 44.9 Å². The van der Waals surface area contributed by atoms with Gasteiger partial charge < -0.3 is 5.32 Å². The number of rotatable bonds is 9. The number of nitrogens with one attached hydrogen (secondary N) is 1. The molecular formula is C16H30N4. The Balaban J connectivity index is 1.85. The topological polar surface area (TPSA) is 42.7 Å². The molecule has 1 fully saturated rings. The van der Waals surface area contributed by atoms with Crippen molar-refractivity contribution in [1.82, 2.24) is 20.1 Å². The van der Waals surface area contributed by atoms with Crippen LogP contribution in [0.2, 0.25) is 0 Å². The second-order valence-corrected chi connectivity index (χ2v) is 6.08. The van der Waals surface area contributed by atoms with Crippen molar-refractivity contribution in [2.45, 2.75) is 77.8 Å². The molecule has 4 nitrogen and oxygen atoms in total. The van der Waals surface area contributed by atoms with Crippen LogP contribution in [0.5, 0.6) is 0 Å². The van der Waals surface area contributed by atoms with Crippen LogP contribution < -0.4 is 5.32 Å². The largest absolute Gasteiger partial charge is 0.314 e. The summed E-state index contributed by atoms with van der Waals surface area (Å²) in [5.74, 6) is 2.11. The predicted octanol–water partition coefficient (Wildman–Crippen LogP) is 3.18. The Hall–Kier alpha value is -0.900. The van der Waals surface area contributed by atoms with Crippen molar-refractivity contribution in [1.29, 1.82) is 0 Å². The number of hydrogen-bond acceptors (Lipinski definition) is 3. The number of hydrogen-bond donors (Lipinski definition) is 1. The summed E-state index contributed by atoms with van der Waals surface area (Å²) in [7, 11) is 0. The summed E-state index contributed by atoms with van der Waals surface area (Å²) in [6.07, 6.45) is 12.3. The molecule has 0 bridgehead atoms. The highest BCUT2D eigenvalue weighted by molar-refractivity contribution is 4.90. The summed E-state index contributed by atoms with van der Waals surface area (Å²) < 4.78 is 2.02. The lowest BCUT2D eigenvalue weighted by Gasteiger charge is -2.20. The quantitative estimate of drug-likeness (QED) is 0.754. The van der Waals surface area contributed by atoms with Gasteiger partial charge in [0.15, 0.2) is 0 Å². The molecule has 1 heterocycles. The van der Waals surface area contributed by atoms with E-state index in [0.29, 0.717) is 6.04 Å². The van der Waals surface area contributed by atoms with Crippen molar-refractivity contribution in [3.05, 3.63) is 12.2 Å². The third kappa shape index (κ3) is 4.58. The maximum atomic E-state index is 4.43. The molecule has 0 aliphatic heterocycles. The molecule has 1 unspecified atom stereocenters. The van der Waals surface area contributed by atoms with Gasteiger partial charge in [0.05, 0.1) is 0 Å². The van der Waals surface area contributed by atoms with Gasteiger partial charge in [0.25, 0.3) is 0 Å². The van der Waals surface area contributed by atoms with Gasteiger partial charge in [-0.2, -0.15) is 5.10 Å². The van der Waals surface area contributed by atoms with Crippen molar-refractivity contribution in [2.75, 3.05) is 6.54 Å². The van der Waals surface area contributed by atoms with Gasteiger partial charge in [0.1, 0.15) is 12.2 Å². The Bertz CT molecular complexity index is 368. The number of aromatic nitrogens is 3. The van der Waals surface area contributed by atoms with E-state index < -0.39 is 0 Å². The first-order valence-corrected chi connectivity index (χ1v) is 8.43. The first kappa shape index (κ1) is 15.5. The molecule has 0 aromatic carbocycles. The van der Waals surface area contributed by atoms with Crippen molar-refractivity contribution in [3.8, 4) is 0 Å². The molecule has 0 saturated heterocycles. The minimum Gasteiger partial charge on any atom is -0.314 e. The summed E-state index contributed by atoms with van der Waals surface area (Å²) in [6, 6.07) is 0.560. The van der Waals surface area contributed by atoms with E-state index in [9.17, 15) is 0 Å². The van der Waals surface area contributed by atoms with E-state index in [0.717, 1.165) is 31.3 Å². The second kappa shape index (κ2) is 8.40. The van der Waals surface area contributed by atoms with Gasteiger partial charge in [-0.05, 0) is 38.6 Å². The molecule has 1 aliphatic carbocycles. The van der Waals surface area contributed by atoms with Crippen LogP contribution >= 0.6 is 0 Å². The Kier molecular flexibility index (Phi) is 6.51. The molecule has 20 heavy (non-hydrogen) atoms. The van der Waals surface area contributed by atoms with Crippen LogP contribution in [0.3, 0.4) is 0 Å². The summed E-state index contributed by atoms with van der Waals surface area (Å²) in [6.45, 7) is 6.38. The fourth-order valence-electron chi connectivity index (χ4n) is 3.29. The Morgan fingerprint density at radius 1 is 1.35 bits per heavy atom. The second-order valence-electron chi connectivity index (χ2n) is 6.08. The highest BCUT2D eigenvalue weighted by Gasteiger charge is 2.18. The van der Waals surface area contributed by atoms with E-state index in [1.54, 1.807) is 6.33 Å². The zero-order chi connectivity index (χ0) is 14.2. The van der Waals surface area contributed by atoms with Crippen molar-refractivity contribution < 1.29 is 0 Å². The normalized spacial score (nSPS) is 17.7. The molecule has 1 atom stereocenters. The average molecular weight is 278 g/mol. The standard InChI is InChI=1S/C16H30N4/c1-3-11-17-15(10-9-14-7-5-6-8-14)12-16-18-13-19-20(16)4-2/h13-15,17H,3-12H2,1-2H3. The van der Waals surface area contributed by atoms with E-state index >= 15 is 0 Å². The molecule has 1 saturated carbocycles. The fourth-order valence-corrected chi connectivity index (χ4v) is 3.29. The Labute approximate surface area is 123 Å². The van der Waals surface area contributed by atoms with Crippen molar-refractivity contribution >= 4 is 0 Å². The van der Waals surface area contributed by atoms with Crippen LogP contribution in [0.1, 0.15) is 64.6 Å². The highest BCUT2D eigenvalue weighted by Crippen LogP contribution is 2.29. The van der Waals surface area contributed by atoms with Crippen LogP contribution in [-0.4, -0.2) is 27.4 Å². The zero-order valence-electron chi connectivity index (χ0n) is 13.1. The summed E-state index contributed by atoms with van der Waals surface area (Å²) >= 11 is 0. The molecule has 0 amide bonds. The van der Waals surface area contributed by atoms with E-state index in [4.69, 9.17) is 0 Å². The molecule has 0 radical (unpaired) electrons. The van der Waals surface area contributed by atoms with Crippen LogP contribution in [0.15, 0.2) is 6.33 Å². The predicted molar refractivity (Wildman–Crippen MR) is 82.7 cm³/mol. The SMILES string of the molecule is CCCNC(CCC1CCCC1)Cc1ncnn1CC. The zero-order valence-corrected chi connectivity index (χ0v) is 13.1. The first-order chi connectivity index (χ1) is 9.83. The lowest BCUT2D eigenvalue weighted by molar-refractivity contribution is 0.393. The molecule has 0 spiro atoms. The van der Waals surface area contributed by atoms with Crippen LogP contribution in [-0.2, 0) is 13.0 Å². The smallest absolute Gasteiger partial charge is 0.138 e. The van der Waals surface area contributed by atoms with E-state index in [1.807, 2.05) is 4.68 Å². The Morgan fingerprint density at radius 3 is 2.85 bits per heavy atom. The van der Waals surface area contributed by atoms with Gasteiger partial charge in [-0.3, -0.25) is 4.68 Å². The van der Waals surface area contributed by atoms with E-state index in [-0.39, 0.29) is 0 Å². The van der Waals surface area contributed by atoms with Gasteiger partial charge in [0, 0.05) is 19.0 Å². The summed E-state index contributed by atoms with van der Waals surface area (Å²) in [5.41, 5.74) is 0. The van der Waals surface area contributed by atoms with Gasteiger partial charge in [-0.25, -0.2) is 4.98 Å². The first-order valence-electron chi connectivity index (χ1n) is 8.43. The minimum absolute atomic E-state index is 0.560.